The van der Waals surface area contributed by atoms with Gasteiger partial charge in [0.25, 0.3) is 0 Å². The minimum atomic E-state index is -0.111. The predicted octanol–water partition coefficient (Wildman–Crippen LogP) is 3.10. The number of hydrogen-bond donors (Lipinski definition) is 2. The third-order valence-electron chi connectivity index (χ3n) is 5.06. The van der Waals surface area contributed by atoms with Crippen molar-refractivity contribution in [3.63, 3.8) is 0 Å². The van der Waals surface area contributed by atoms with Gasteiger partial charge in [-0.1, -0.05) is 30.3 Å². The molecule has 0 bridgehead atoms. The van der Waals surface area contributed by atoms with E-state index >= 15 is 0 Å². The first-order chi connectivity index (χ1) is 11.1. The molecule has 0 radical (unpaired) electrons. The molecule has 118 valence electrons. The van der Waals surface area contributed by atoms with Crippen LogP contribution < -0.4 is 0 Å². The summed E-state index contributed by atoms with van der Waals surface area (Å²) >= 11 is 0. The first-order valence-corrected chi connectivity index (χ1v) is 8.00. The van der Waals surface area contributed by atoms with Gasteiger partial charge in [-0.15, -0.1) is 0 Å². The van der Waals surface area contributed by atoms with Gasteiger partial charge in [0.05, 0.1) is 0 Å². The van der Waals surface area contributed by atoms with Crippen molar-refractivity contribution in [1.29, 1.82) is 0 Å². The van der Waals surface area contributed by atoms with Gasteiger partial charge in [0, 0.05) is 31.5 Å². The fraction of sp³-hybridized carbons (Fsp3) is 0.316. The number of carbonyl (C=O) groups is 1. The van der Waals surface area contributed by atoms with E-state index in [1.807, 2.05) is 18.2 Å². The van der Waals surface area contributed by atoms with E-state index in [4.69, 9.17) is 0 Å². The van der Waals surface area contributed by atoms with Crippen molar-refractivity contribution in [2.75, 3.05) is 6.54 Å². The van der Waals surface area contributed by atoms with Crippen LogP contribution in [-0.4, -0.2) is 27.4 Å². The molecular weight excluding hydrogens is 290 g/mol. The van der Waals surface area contributed by atoms with Crippen molar-refractivity contribution in [1.82, 2.24) is 4.90 Å². The Balaban J connectivity index is 1.76. The smallest absolute Gasteiger partial charge is 0.157 e. The van der Waals surface area contributed by atoms with E-state index < -0.39 is 0 Å². The highest BCUT2D eigenvalue weighted by Crippen LogP contribution is 2.45. The van der Waals surface area contributed by atoms with Gasteiger partial charge in [-0.2, -0.15) is 0 Å². The molecule has 1 saturated heterocycles. The number of carbonyl (C=O) groups excluding carboxylic acids is 1. The van der Waals surface area contributed by atoms with E-state index in [0.29, 0.717) is 12.8 Å². The second kappa shape index (κ2) is 5.39. The van der Waals surface area contributed by atoms with Crippen LogP contribution in [0.2, 0.25) is 0 Å². The molecule has 0 unspecified atom stereocenters. The maximum absolute atomic E-state index is 12.3. The van der Waals surface area contributed by atoms with E-state index in [1.165, 1.54) is 0 Å². The molecule has 0 saturated carbocycles. The van der Waals surface area contributed by atoms with Gasteiger partial charge in [-0.3, -0.25) is 9.69 Å². The Morgan fingerprint density at radius 3 is 2.43 bits per heavy atom. The molecule has 1 fully saturated rings. The molecule has 23 heavy (non-hydrogen) atoms. The molecule has 2 aromatic carbocycles. The zero-order valence-corrected chi connectivity index (χ0v) is 12.8. The van der Waals surface area contributed by atoms with E-state index in [-0.39, 0.29) is 29.4 Å². The Morgan fingerprint density at radius 2 is 1.65 bits per heavy atom. The van der Waals surface area contributed by atoms with E-state index in [1.54, 1.807) is 12.1 Å². The van der Waals surface area contributed by atoms with Crippen molar-refractivity contribution < 1.29 is 15.0 Å². The molecule has 2 aliphatic rings. The lowest BCUT2D eigenvalue weighted by molar-refractivity contribution is -0.126. The predicted molar refractivity (Wildman–Crippen MR) is 86.3 cm³/mol. The minimum Gasteiger partial charge on any atom is -0.504 e. The van der Waals surface area contributed by atoms with Crippen LogP contribution in [0.25, 0.3) is 0 Å². The summed E-state index contributed by atoms with van der Waals surface area (Å²) in [5.74, 6) is 0.0550. The lowest BCUT2D eigenvalue weighted by Crippen LogP contribution is -2.43. The molecule has 4 nitrogen and oxygen atoms in total. The number of aromatic hydroxyl groups is 2. The Morgan fingerprint density at radius 1 is 0.957 bits per heavy atom. The van der Waals surface area contributed by atoms with Gasteiger partial charge < -0.3 is 10.2 Å². The standard InChI is InChI=1S/C19H19NO3/c21-14-9-16(12-4-2-1-3-5-12)20-7-6-13-8-18(22)19(23)11-15(13)17(20)10-14/h1-5,8,11,16-17,22-23H,6-7,9-10H2/t16-,17-/m0/s1. The summed E-state index contributed by atoms with van der Waals surface area (Å²) in [5.41, 5.74) is 3.17. The molecule has 2 aromatic rings. The van der Waals surface area contributed by atoms with Crippen molar-refractivity contribution in [3.8, 4) is 11.5 Å². The van der Waals surface area contributed by atoms with Crippen molar-refractivity contribution in [3.05, 3.63) is 59.2 Å². The molecule has 0 spiro atoms. The zero-order chi connectivity index (χ0) is 16.0. The van der Waals surface area contributed by atoms with E-state index in [0.717, 1.165) is 29.7 Å². The van der Waals surface area contributed by atoms with Gasteiger partial charge in [0.15, 0.2) is 11.5 Å². The number of nitrogens with zero attached hydrogens (tertiary/aromatic N) is 1. The highest BCUT2D eigenvalue weighted by Gasteiger charge is 2.39. The summed E-state index contributed by atoms with van der Waals surface area (Å²) in [4.78, 5) is 14.7. The highest BCUT2D eigenvalue weighted by molar-refractivity contribution is 5.81. The number of hydrogen-bond acceptors (Lipinski definition) is 4. The van der Waals surface area contributed by atoms with Crippen molar-refractivity contribution in [2.24, 2.45) is 0 Å². The molecular formula is C19H19NO3. The summed E-state index contributed by atoms with van der Waals surface area (Å²) < 4.78 is 0. The largest absolute Gasteiger partial charge is 0.504 e. The lowest BCUT2D eigenvalue weighted by Gasteiger charge is -2.45. The third kappa shape index (κ3) is 2.39. The minimum absolute atomic E-state index is 0.0169. The topological polar surface area (TPSA) is 60.8 Å². The number of benzene rings is 2. The van der Waals surface area contributed by atoms with Gasteiger partial charge in [-0.25, -0.2) is 0 Å². The fourth-order valence-electron chi connectivity index (χ4n) is 3.96. The molecule has 4 heteroatoms. The van der Waals surface area contributed by atoms with Crippen LogP contribution in [0.4, 0.5) is 0 Å². The number of fused-ring (bicyclic) bond motifs is 3. The number of phenols is 2. The lowest BCUT2D eigenvalue weighted by atomic mass is 9.81. The third-order valence-corrected chi connectivity index (χ3v) is 5.06. The maximum Gasteiger partial charge on any atom is 0.157 e. The SMILES string of the molecule is O=C1C[C@@H](c2ccccc2)N2CCc3cc(O)c(O)cc3[C@@H]2C1. The van der Waals surface area contributed by atoms with Gasteiger partial charge >= 0.3 is 0 Å². The van der Waals surface area contributed by atoms with E-state index in [2.05, 4.69) is 17.0 Å². The van der Waals surface area contributed by atoms with Gasteiger partial charge in [0.2, 0.25) is 0 Å². The fourth-order valence-corrected chi connectivity index (χ4v) is 3.96. The van der Waals surface area contributed by atoms with Crippen LogP contribution in [0, 0.1) is 0 Å². The Labute approximate surface area is 135 Å². The monoisotopic (exact) mass is 309 g/mol. The molecule has 0 aromatic heterocycles. The number of rotatable bonds is 1. The Hall–Kier alpha value is -2.33. The Bertz CT molecular complexity index is 757. The number of phenolic OH excluding ortho intramolecular Hbond substituents is 2. The van der Waals surface area contributed by atoms with Crippen molar-refractivity contribution >= 4 is 5.78 Å². The van der Waals surface area contributed by atoms with Crippen LogP contribution in [0.15, 0.2) is 42.5 Å². The second-order valence-corrected chi connectivity index (χ2v) is 6.42. The van der Waals surface area contributed by atoms with E-state index in [9.17, 15) is 15.0 Å². The summed E-state index contributed by atoms with van der Waals surface area (Å²) in [6.45, 7) is 0.856. The molecule has 0 amide bonds. The molecule has 4 rings (SSSR count). The highest BCUT2D eigenvalue weighted by atomic mass is 16.3. The number of Topliss-reactive ketones (excluding diaryl/α,β-unsaturated/α-hetero) is 1. The quantitative estimate of drug-likeness (QED) is 0.795. The van der Waals surface area contributed by atoms with Crippen LogP contribution in [-0.2, 0) is 11.2 Å². The zero-order valence-electron chi connectivity index (χ0n) is 12.8. The second-order valence-electron chi connectivity index (χ2n) is 6.42. The summed E-state index contributed by atoms with van der Waals surface area (Å²) in [7, 11) is 0. The molecule has 2 aliphatic heterocycles. The molecule has 2 atom stereocenters. The van der Waals surface area contributed by atoms with Crippen LogP contribution in [0.5, 0.6) is 11.5 Å². The molecule has 0 aliphatic carbocycles. The normalized spacial score (nSPS) is 24.1. The average molecular weight is 309 g/mol. The number of ketones is 1. The maximum atomic E-state index is 12.3. The molecule has 2 N–H and O–H groups in total. The Kier molecular flexibility index (Phi) is 3.34. The van der Waals surface area contributed by atoms with Crippen molar-refractivity contribution in [2.45, 2.75) is 31.3 Å². The first kappa shape index (κ1) is 14.3. The first-order valence-electron chi connectivity index (χ1n) is 8.00. The van der Waals surface area contributed by atoms with Gasteiger partial charge in [0.1, 0.15) is 5.78 Å². The molecule has 2 heterocycles. The summed E-state index contributed by atoms with van der Waals surface area (Å²) in [6.07, 6.45) is 1.83. The average Bonchev–Trinajstić information content (AvgIpc) is 2.56. The number of piperidine rings is 1. The summed E-state index contributed by atoms with van der Waals surface area (Å²) in [5, 5.41) is 19.6. The summed E-state index contributed by atoms with van der Waals surface area (Å²) in [6, 6.07) is 13.5. The van der Waals surface area contributed by atoms with Crippen LogP contribution in [0.1, 0.15) is 41.6 Å². The van der Waals surface area contributed by atoms with Crippen LogP contribution in [0.3, 0.4) is 0 Å². The van der Waals surface area contributed by atoms with Crippen LogP contribution >= 0.6 is 0 Å². The van der Waals surface area contributed by atoms with Gasteiger partial charge in [-0.05, 0) is 35.2 Å².